The van der Waals surface area contributed by atoms with Gasteiger partial charge < -0.3 is 10.6 Å². The molecule has 0 amide bonds. The third-order valence-electron chi connectivity index (χ3n) is 3.07. The van der Waals surface area contributed by atoms with Gasteiger partial charge in [-0.2, -0.15) is 0 Å². The van der Waals surface area contributed by atoms with Gasteiger partial charge in [0, 0.05) is 30.5 Å². The summed E-state index contributed by atoms with van der Waals surface area (Å²) >= 11 is 0. The fraction of sp³-hybridized carbons (Fsp3) is 0.333. The highest BCUT2D eigenvalue weighted by Crippen LogP contribution is 2.18. The smallest absolute Gasteiger partial charge is 0.132 e. The molecule has 2 rings (SSSR count). The Kier molecular flexibility index (Phi) is 4.00. The van der Waals surface area contributed by atoms with Gasteiger partial charge in [-0.25, -0.2) is 9.97 Å². The molecule has 2 aromatic rings. The number of hydrogen-bond donors (Lipinski definition) is 1. The van der Waals surface area contributed by atoms with Crippen molar-refractivity contribution in [1.82, 2.24) is 9.97 Å². The van der Waals surface area contributed by atoms with Crippen LogP contribution in [0.1, 0.15) is 24.0 Å². The first-order valence-corrected chi connectivity index (χ1v) is 6.50. The van der Waals surface area contributed by atoms with Gasteiger partial charge in [0.15, 0.2) is 0 Å². The van der Waals surface area contributed by atoms with Gasteiger partial charge in [-0.3, -0.25) is 0 Å². The van der Waals surface area contributed by atoms with E-state index in [1.807, 2.05) is 38.1 Å². The zero-order chi connectivity index (χ0) is 13.8. The SMILES string of the molecule is CCN(Cc1ccccc1N)c1cc(C)nc(C)n1. The maximum absolute atomic E-state index is 6.00. The van der Waals surface area contributed by atoms with E-state index in [1.165, 1.54) is 0 Å². The molecule has 0 aliphatic rings. The first kappa shape index (κ1) is 13.3. The topological polar surface area (TPSA) is 55.0 Å². The average Bonchev–Trinajstić information content (AvgIpc) is 2.36. The van der Waals surface area contributed by atoms with E-state index < -0.39 is 0 Å². The minimum atomic E-state index is 0.763. The van der Waals surface area contributed by atoms with E-state index in [2.05, 4.69) is 27.9 Å². The van der Waals surface area contributed by atoms with E-state index in [0.29, 0.717) is 0 Å². The number of nitrogens with zero attached hydrogens (tertiary/aromatic N) is 3. The highest BCUT2D eigenvalue weighted by Gasteiger charge is 2.10. The quantitative estimate of drug-likeness (QED) is 0.855. The maximum Gasteiger partial charge on any atom is 0.132 e. The van der Waals surface area contributed by atoms with Crippen molar-refractivity contribution in [3.8, 4) is 0 Å². The molecule has 0 saturated heterocycles. The van der Waals surface area contributed by atoms with Gasteiger partial charge in [-0.05, 0) is 32.4 Å². The normalized spacial score (nSPS) is 10.5. The molecule has 0 aliphatic heterocycles. The monoisotopic (exact) mass is 256 g/mol. The van der Waals surface area contributed by atoms with Gasteiger partial charge in [0.1, 0.15) is 11.6 Å². The molecule has 4 heteroatoms. The highest BCUT2D eigenvalue weighted by molar-refractivity contribution is 5.49. The van der Waals surface area contributed by atoms with Crippen LogP contribution in [0.5, 0.6) is 0 Å². The van der Waals surface area contributed by atoms with Crippen LogP contribution < -0.4 is 10.6 Å². The summed E-state index contributed by atoms with van der Waals surface area (Å²) in [5.41, 5.74) is 8.94. The molecule has 0 aliphatic carbocycles. The van der Waals surface area contributed by atoms with Crippen molar-refractivity contribution >= 4 is 11.5 Å². The van der Waals surface area contributed by atoms with Crippen molar-refractivity contribution in [3.05, 3.63) is 47.4 Å². The molecule has 0 saturated carbocycles. The average molecular weight is 256 g/mol. The van der Waals surface area contributed by atoms with Crippen LogP contribution in [-0.4, -0.2) is 16.5 Å². The Balaban J connectivity index is 2.28. The molecule has 0 atom stereocenters. The number of anilines is 2. The van der Waals surface area contributed by atoms with Crippen molar-refractivity contribution in [2.45, 2.75) is 27.3 Å². The molecule has 1 heterocycles. The third kappa shape index (κ3) is 3.22. The van der Waals surface area contributed by atoms with Crippen LogP contribution in [0, 0.1) is 13.8 Å². The summed E-state index contributed by atoms with van der Waals surface area (Å²) in [5.74, 6) is 1.75. The Hall–Kier alpha value is -2.10. The van der Waals surface area contributed by atoms with Crippen molar-refractivity contribution in [1.29, 1.82) is 0 Å². The summed E-state index contributed by atoms with van der Waals surface area (Å²) < 4.78 is 0. The lowest BCUT2D eigenvalue weighted by atomic mass is 10.1. The molecule has 4 nitrogen and oxygen atoms in total. The summed E-state index contributed by atoms with van der Waals surface area (Å²) in [7, 11) is 0. The van der Waals surface area contributed by atoms with Crippen LogP contribution in [0.4, 0.5) is 11.5 Å². The Bertz CT molecular complexity index is 546. The lowest BCUT2D eigenvalue weighted by Gasteiger charge is -2.23. The van der Waals surface area contributed by atoms with E-state index >= 15 is 0 Å². The predicted octanol–water partition coefficient (Wildman–Crippen LogP) is 2.70. The van der Waals surface area contributed by atoms with Crippen LogP contribution >= 0.6 is 0 Å². The summed E-state index contributed by atoms with van der Waals surface area (Å²) in [4.78, 5) is 11.0. The van der Waals surface area contributed by atoms with Crippen LogP contribution in [0.2, 0.25) is 0 Å². The standard InChI is InChI=1S/C15H20N4/c1-4-19(10-13-7-5-6-8-14(13)16)15-9-11(2)17-12(3)18-15/h5-9H,4,10,16H2,1-3H3. The third-order valence-corrected chi connectivity index (χ3v) is 3.07. The number of aromatic nitrogens is 2. The molecule has 2 N–H and O–H groups in total. The van der Waals surface area contributed by atoms with Gasteiger partial charge in [0.05, 0.1) is 0 Å². The van der Waals surface area contributed by atoms with Crippen molar-refractivity contribution in [2.24, 2.45) is 0 Å². The van der Waals surface area contributed by atoms with Crippen LogP contribution in [0.3, 0.4) is 0 Å². The summed E-state index contributed by atoms with van der Waals surface area (Å²) in [6, 6.07) is 9.96. The Morgan fingerprint density at radius 1 is 1.16 bits per heavy atom. The largest absolute Gasteiger partial charge is 0.398 e. The number of para-hydroxylation sites is 1. The summed E-state index contributed by atoms with van der Waals surface area (Å²) in [6.07, 6.45) is 0. The van der Waals surface area contributed by atoms with Gasteiger partial charge in [0.2, 0.25) is 0 Å². The molecule has 0 unspecified atom stereocenters. The lowest BCUT2D eigenvalue weighted by Crippen LogP contribution is -2.24. The molecule has 19 heavy (non-hydrogen) atoms. The Labute approximate surface area is 114 Å². The van der Waals surface area contributed by atoms with Gasteiger partial charge in [-0.1, -0.05) is 18.2 Å². The molecule has 1 aromatic carbocycles. The first-order chi connectivity index (χ1) is 9.10. The van der Waals surface area contributed by atoms with Crippen molar-refractivity contribution in [3.63, 3.8) is 0 Å². The molecule has 1 aromatic heterocycles. The fourth-order valence-corrected chi connectivity index (χ4v) is 2.10. The van der Waals surface area contributed by atoms with Gasteiger partial charge in [0.25, 0.3) is 0 Å². The lowest BCUT2D eigenvalue weighted by molar-refractivity contribution is 0.802. The molecular weight excluding hydrogens is 236 g/mol. The van der Waals surface area contributed by atoms with Gasteiger partial charge >= 0.3 is 0 Å². The van der Waals surface area contributed by atoms with Crippen LogP contribution in [0.15, 0.2) is 30.3 Å². The summed E-state index contributed by atoms with van der Waals surface area (Å²) in [5, 5.41) is 0. The maximum atomic E-state index is 6.00. The first-order valence-electron chi connectivity index (χ1n) is 6.50. The molecular formula is C15H20N4. The number of hydrogen-bond acceptors (Lipinski definition) is 4. The van der Waals surface area contributed by atoms with Crippen LogP contribution in [0.25, 0.3) is 0 Å². The Morgan fingerprint density at radius 3 is 2.53 bits per heavy atom. The van der Waals surface area contributed by atoms with E-state index in [9.17, 15) is 0 Å². The predicted molar refractivity (Wildman–Crippen MR) is 79.1 cm³/mol. The fourth-order valence-electron chi connectivity index (χ4n) is 2.10. The second-order valence-electron chi connectivity index (χ2n) is 4.63. The van der Waals surface area contributed by atoms with Crippen LogP contribution in [-0.2, 0) is 6.54 Å². The number of benzene rings is 1. The number of nitrogens with two attached hydrogens (primary N) is 1. The minimum Gasteiger partial charge on any atom is -0.398 e. The van der Waals surface area contributed by atoms with E-state index in [1.54, 1.807) is 0 Å². The zero-order valence-electron chi connectivity index (χ0n) is 11.7. The van der Waals surface area contributed by atoms with E-state index in [-0.39, 0.29) is 0 Å². The minimum absolute atomic E-state index is 0.763. The Morgan fingerprint density at radius 2 is 1.89 bits per heavy atom. The zero-order valence-corrected chi connectivity index (χ0v) is 11.7. The molecule has 100 valence electrons. The van der Waals surface area contributed by atoms with Gasteiger partial charge in [-0.15, -0.1) is 0 Å². The van der Waals surface area contributed by atoms with E-state index in [0.717, 1.165) is 41.7 Å². The van der Waals surface area contributed by atoms with Crippen molar-refractivity contribution < 1.29 is 0 Å². The molecule has 0 spiro atoms. The highest BCUT2D eigenvalue weighted by atomic mass is 15.2. The molecule has 0 fully saturated rings. The van der Waals surface area contributed by atoms with E-state index in [4.69, 9.17) is 5.73 Å². The number of nitrogen functional groups attached to an aromatic ring is 1. The number of rotatable bonds is 4. The molecule has 0 bridgehead atoms. The van der Waals surface area contributed by atoms with Crippen molar-refractivity contribution in [2.75, 3.05) is 17.2 Å². The second kappa shape index (κ2) is 5.69. The molecule has 0 radical (unpaired) electrons. The summed E-state index contributed by atoms with van der Waals surface area (Å²) in [6.45, 7) is 7.67. The second-order valence-corrected chi connectivity index (χ2v) is 4.63. The number of aryl methyl sites for hydroxylation is 2.